The molecule has 0 atom stereocenters. The third-order valence-corrected chi connectivity index (χ3v) is 3.70. The molecule has 0 saturated heterocycles. The van der Waals surface area contributed by atoms with Crippen molar-refractivity contribution in [2.45, 2.75) is 6.42 Å². The predicted molar refractivity (Wildman–Crippen MR) is 83.8 cm³/mol. The molecule has 0 spiro atoms. The van der Waals surface area contributed by atoms with E-state index in [4.69, 9.17) is 25.5 Å². The highest BCUT2D eigenvalue weighted by molar-refractivity contribution is 7.17. The van der Waals surface area contributed by atoms with Gasteiger partial charge in [-0.15, -0.1) is 11.3 Å². The highest BCUT2D eigenvalue weighted by Crippen LogP contribution is 2.28. The highest BCUT2D eigenvalue weighted by Gasteiger charge is 2.05. The van der Waals surface area contributed by atoms with Gasteiger partial charge in [-0.05, 0) is 55.0 Å². The maximum Gasteiger partial charge on any atom is 0.414 e. The number of carboxylic acid groups (broad SMARTS) is 2. The average Bonchev–Trinajstić information content (AvgIpc) is 2.79. The van der Waals surface area contributed by atoms with Gasteiger partial charge in [-0.2, -0.15) is 0 Å². The number of nitrogens with zero attached hydrogens (tertiary/aromatic N) is 1. The Bertz CT molecular complexity index is 625. The van der Waals surface area contributed by atoms with E-state index in [0.717, 1.165) is 18.7 Å². The molecule has 0 unspecified atom stereocenters. The van der Waals surface area contributed by atoms with E-state index in [1.165, 1.54) is 15.6 Å². The largest absolute Gasteiger partial charge is 0.473 e. The van der Waals surface area contributed by atoms with E-state index >= 15 is 0 Å². The quantitative estimate of drug-likeness (QED) is 0.589. The number of likely N-dealkylation sites (N-methyl/N-ethyl adjacent to an activating group) is 1. The molecule has 0 aliphatic heterocycles. The lowest BCUT2D eigenvalue weighted by molar-refractivity contribution is -0.159. The van der Waals surface area contributed by atoms with Crippen molar-refractivity contribution in [2.24, 2.45) is 0 Å². The Balaban J connectivity index is 0.000000315. The van der Waals surface area contributed by atoms with Crippen LogP contribution in [0.2, 0.25) is 0 Å². The Hall–Kier alpha value is -2.12. The maximum atomic E-state index is 9.10. The number of nitrogens with two attached hydrogens (primary N) is 1. The molecular weight excluding hydrogens is 292 g/mol. The van der Waals surface area contributed by atoms with Crippen molar-refractivity contribution in [2.75, 3.05) is 26.4 Å². The first-order valence-electron chi connectivity index (χ1n) is 6.17. The number of nitrogen functional groups attached to an aromatic ring is 1. The summed E-state index contributed by atoms with van der Waals surface area (Å²) in [4.78, 5) is 20.4. The second-order valence-corrected chi connectivity index (χ2v) is 5.59. The molecule has 0 radical (unpaired) electrons. The summed E-state index contributed by atoms with van der Waals surface area (Å²) in [6.07, 6.45) is 1.09. The van der Waals surface area contributed by atoms with Crippen LogP contribution in [-0.4, -0.2) is 47.7 Å². The van der Waals surface area contributed by atoms with Crippen LogP contribution >= 0.6 is 11.3 Å². The van der Waals surface area contributed by atoms with Crippen molar-refractivity contribution in [1.82, 2.24) is 4.90 Å². The van der Waals surface area contributed by atoms with Gasteiger partial charge in [-0.1, -0.05) is 0 Å². The molecule has 6 nitrogen and oxygen atoms in total. The number of thiophene rings is 1. The van der Waals surface area contributed by atoms with Crippen molar-refractivity contribution >= 4 is 39.0 Å². The third-order valence-electron chi connectivity index (χ3n) is 2.69. The zero-order valence-electron chi connectivity index (χ0n) is 11.9. The van der Waals surface area contributed by atoms with Crippen LogP contribution < -0.4 is 5.73 Å². The summed E-state index contributed by atoms with van der Waals surface area (Å²) in [5, 5.41) is 18.3. The molecule has 0 fully saturated rings. The fourth-order valence-electron chi connectivity index (χ4n) is 1.64. The topological polar surface area (TPSA) is 104 Å². The van der Waals surface area contributed by atoms with Crippen LogP contribution in [0.1, 0.15) is 5.56 Å². The van der Waals surface area contributed by atoms with E-state index in [1.807, 2.05) is 6.07 Å². The van der Waals surface area contributed by atoms with Gasteiger partial charge in [-0.3, -0.25) is 0 Å². The average molecular weight is 310 g/mol. The summed E-state index contributed by atoms with van der Waals surface area (Å²) in [5.41, 5.74) is 8.07. The van der Waals surface area contributed by atoms with Gasteiger partial charge in [-0.25, -0.2) is 9.59 Å². The molecule has 21 heavy (non-hydrogen) atoms. The fourth-order valence-corrected chi connectivity index (χ4v) is 2.61. The molecule has 114 valence electrons. The van der Waals surface area contributed by atoms with Gasteiger partial charge in [0.15, 0.2) is 0 Å². The zero-order chi connectivity index (χ0) is 16.0. The van der Waals surface area contributed by atoms with Crippen LogP contribution in [-0.2, 0) is 16.0 Å². The van der Waals surface area contributed by atoms with Gasteiger partial charge >= 0.3 is 11.9 Å². The second kappa shape index (κ2) is 7.61. The first-order valence-corrected chi connectivity index (χ1v) is 7.05. The van der Waals surface area contributed by atoms with E-state index in [1.54, 1.807) is 11.3 Å². The number of fused-ring (bicyclic) bond motifs is 1. The monoisotopic (exact) mass is 310 g/mol. The molecule has 4 N–H and O–H groups in total. The molecular formula is C14H18N2O4S. The van der Waals surface area contributed by atoms with Crippen LogP contribution in [0.3, 0.4) is 0 Å². The van der Waals surface area contributed by atoms with E-state index in [9.17, 15) is 0 Å². The summed E-state index contributed by atoms with van der Waals surface area (Å²) in [5.74, 6) is -3.65. The third kappa shape index (κ3) is 5.41. The Morgan fingerprint density at radius 3 is 2.38 bits per heavy atom. The predicted octanol–water partition coefficient (Wildman–Crippen LogP) is 1.74. The molecule has 7 heteroatoms. The van der Waals surface area contributed by atoms with Crippen LogP contribution in [0.15, 0.2) is 23.6 Å². The molecule has 2 aromatic rings. The number of rotatable bonds is 3. The van der Waals surface area contributed by atoms with Gasteiger partial charge in [0.05, 0.1) is 0 Å². The molecule has 2 rings (SSSR count). The zero-order valence-corrected chi connectivity index (χ0v) is 12.7. The molecule has 0 bridgehead atoms. The van der Waals surface area contributed by atoms with Crippen molar-refractivity contribution in [3.8, 4) is 0 Å². The number of hydrogen-bond donors (Lipinski definition) is 3. The number of anilines is 1. The second-order valence-electron chi connectivity index (χ2n) is 4.68. The van der Waals surface area contributed by atoms with Crippen molar-refractivity contribution < 1.29 is 19.8 Å². The number of benzene rings is 1. The standard InChI is InChI=1S/C12H16N2S.C2H2O4/c1-14(2)6-5-9-8-15-12-4-3-10(13)7-11(9)12;3-1(4)2(5)6/h3-4,7-8H,5-6,13H2,1-2H3;(H,3,4)(H,5,6). The molecule has 0 aliphatic rings. The van der Waals surface area contributed by atoms with Gasteiger partial charge in [0.25, 0.3) is 0 Å². The van der Waals surface area contributed by atoms with E-state index in [-0.39, 0.29) is 0 Å². The van der Waals surface area contributed by atoms with Gasteiger partial charge in [0, 0.05) is 16.9 Å². The molecule has 0 aliphatic carbocycles. The van der Waals surface area contributed by atoms with Crippen LogP contribution in [0.4, 0.5) is 5.69 Å². The molecule has 0 amide bonds. The summed E-state index contributed by atoms with van der Waals surface area (Å²) in [7, 11) is 4.20. The van der Waals surface area contributed by atoms with E-state index < -0.39 is 11.9 Å². The van der Waals surface area contributed by atoms with Crippen molar-refractivity contribution in [3.63, 3.8) is 0 Å². The highest BCUT2D eigenvalue weighted by atomic mass is 32.1. The first kappa shape index (κ1) is 16.9. The van der Waals surface area contributed by atoms with Crippen LogP contribution in [0, 0.1) is 0 Å². The normalized spacial score (nSPS) is 10.2. The van der Waals surface area contributed by atoms with Crippen molar-refractivity contribution in [3.05, 3.63) is 29.1 Å². The van der Waals surface area contributed by atoms with E-state index in [2.05, 4.69) is 36.5 Å². The minimum Gasteiger partial charge on any atom is -0.473 e. The minimum absolute atomic E-state index is 0.854. The smallest absolute Gasteiger partial charge is 0.414 e. The van der Waals surface area contributed by atoms with Gasteiger partial charge < -0.3 is 20.8 Å². The maximum absolute atomic E-state index is 9.10. The minimum atomic E-state index is -1.82. The lowest BCUT2D eigenvalue weighted by atomic mass is 10.1. The molecule has 1 aromatic heterocycles. The number of carbonyl (C=O) groups is 2. The lowest BCUT2D eigenvalue weighted by Crippen LogP contribution is -2.14. The molecule has 1 aromatic carbocycles. The van der Waals surface area contributed by atoms with Gasteiger partial charge in [0.2, 0.25) is 0 Å². The summed E-state index contributed by atoms with van der Waals surface area (Å²) in [6, 6.07) is 6.15. The molecule has 0 saturated carbocycles. The van der Waals surface area contributed by atoms with Crippen molar-refractivity contribution in [1.29, 1.82) is 0 Å². The SMILES string of the molecule is CN(C)CCc1csc2ccc(N)cc12.O=C(O)C(=O)O. The fraction of sp³-hybridized carbons (Fsp3) is 0.286. The Morgan fingerprint density at radius 1 is 1.24 bits per heavy atom. The number of carboxylic acids is 2. The Labute approximate surface area is 126 Å². The first-order chi connectivity index (χ1) is 9.81. The number of hydrogen-bond acceptors (Lipinski definition) is 5. The summed E-state index contributed by atoms with van der Waals surface area (Å²) < 4.78 is 1.33. The van der Waals surface area contributed by atoms with E-state index in [0.29, 0.717) is 0 Å². The Morgan fingerprint density at radius 2 is 1.86 bits per heavy atom. The lowest BCUT2D eigenvalue weighted by Gasteiger charge is -2.08. The summed E-state index contributed by atoms with van der Waals surface area (Å²) in [6.45, 7) is 1.08. The van der Waals surface area contributed by atoms with Crippen LogP contribution in [0.5, 0.6) is 0 Å². The summed E-state index contributed by atoms with van der Waals surface area (Å²) >= 11 is 1.80. The molecule has 1 heterocycles. The van der Waals surface area contributed by atoms with Crippen LogP contribution in [0.25, 0.3) is 10.1 Å². The van der Waals surface area contributed by atoms with Gasteiger partial charge in [0.1, 0.15) is 0 Å². The Kier molecular flexibility index (Phi) is 6.13. The number of aliphatic carboxylic acids is 2.